The predicted molar refractivity (Wildman–Crippen MR) is 66.7 cm³/mol. The molecule has 1 heterocycles. The van der Waals surface area contributed by atoms with Crippen LogP contribution in [0.25, 0.3) is 0 Å². The molecule has 16 heavy (non-hydrogen) atoms. The van der Waals surface area contributed by atoms with E-state index in [9.17, 15) is 0 Å². The molecule has 2 atom stereocenters. The number of ether oxygens (including phenoxy) is 1. The standard InChI is InChI=1S/C14H21NO/c1-11-5-3-4-6-12(11)9-13-10-16-8-7-14(13)15-2/h3-6,13-15H,7-10H2,1-2H3/t13-,14-/m1/s1. The molecular formula is C14H21NO. The van der Waals surface area contributed by atoms with Gasteiger partial charge in [-0.05, 0) is 37.9 Å². The van der Waals surface area contributed by atoms with Crippen molar-refractivity contribution < 1.29 is 4.74 Å². The zero-order valence-corrected chi connectivity index (χ0v) is 10.2. The van der Waals surface area contributed by atoms with Crippen molar-refractivity contribution in [1.29, 1.82) is 0 Å². The molecule has 1 aliphatic rings. The second-order valence-electron chi connectivity index (χ2n) is 4.65. The highest BCUT2D eigenvalue weighted by Crippen LogP contribution is 2.21. The van der Waals surface area contributed by atoms with Gasteiger partial charge in [0.25, 0.3) is 0 Å². The summed E-state index contributed by atoms with van der Waals surface area (Å²) < 4.78 is 5.59. The zero-order valence-electron chi connectivity index (χ0n) is 10.2. The van der Waals surface area contributed by atoms with Gasteiger partial charge in [-0.3, -0.25) is 0 Å². The molecule has 1 aromatic rings. The molecule has 1 fully saturated rings. The molecule has 0 saturated carbocycles. The molecule has 2 heteroatoms. The van der Waals surface area contributed by atoms with Gasteiger partial charge < -0.3 is 10.1 Å². The number of hydrogen-bond acceptors (Lipinski definition) is 2. The van der Waals surface area contributed by atoms with Gasteiger partial charge in [0.1, 0.15) is 0 Å². The molecule has 1 N–H and O–H groups in total. The Morgan fingerprint density at radius 2 is 2.19 bits per heavy atom. The molecule has 2 nitrogen and oxygen atoms in total. The molecule has 0 bridgehead atoms. The monoisotopic (exact) mass is 219 g/mol. The van der Waals surface area contributed by atoms with E-state index >= 15 is 0 Å². The van der Waals surface area contributed by atoms with Crippen LogP contribution in [0, 0.1) is 12.8 Å². The lowest BCUT2D eigenvalue weighted by atomic mass is 9.88. The van der Waals surface area contributed by atoms with Crippen LogP contribution >= 0.6 is 0 Å². The molecule has 1 saturated heterocycles. The average molecular weight is 219 g/mol. The van der Waals surface area contributed by atoms with Crippen molar-refractivity contribution >= 4 is 0 Å². The molecule has 0 aliphatic carbocycles. The number of aryl methyl sites for hydroxylation is 1. The van der Waals surface area contributed by atoms with Gasteiger partial charge in [0, 0.05) is 18.6 Å². The lowest BCUT2D eigenvalue weighted by Crippen LogP contribution is -2.42. The number of benzene rings is 1. The maximum Gasteiger partial charge on any atom is 0.0512 e. The van der Waals surface area contributed by atoms with E-state index in [4.69, 9.17) is 4.74 Å². The highest BCUT2D eigenvalue weighted by molar-refractivity contribution is 5.26. The summed E-state index contributed by atoms with van der Waals surface area (Å²) in [5.41, 5.74) is 2.85. The molecular weight excluding hydrogens is 198 g/mol. The third-order valence-electron chi connectivity index (χ3n) is 3.59. The van der Waals surface area contributed by atoms with Crippen molar-refractivity contribution in [1.82, 2.24) is 5.32 Å². The minimum atomic E-state index is 0.605. The summed E-state index contributed by atoms with van der Waals surface area (Å²) in [7, 11) is 2.06. The van der Waals surface area contributed by atoms with E-state index in [1.54, 1.807) is 0 Å². The molecule has 1 aromatic carbocycles. The molecule has 2 rings (SSSR count). The summed E-state index contributed by atoms with van der Waals surface area (Å²) in [5.74, 6) is 0.611. The Morgan fingerprint density at radius 1 is 1.38 bits per heavy atom. The minimum Gasteiger partial charge on any atom is -0.381 e. The van der Waals surface area contributed by atoms with Crippen LogP contribution in [0.4, 0.5) is 0 Å². The quantitative estimate of drug-likeness (QED) is 0.841. The fraction of sp³-hybridized carbons (Fsp3) is 0.571. The first-order chi connectivity index (χ1) is 7.81. The second-order valence-corrected chi connectivity index (χ2v) is 4.65. The maximum absolute atomic E-state index is 5.59. The summed E-state index contributed by atoms with van der Waals surface area (Å²) in [6.07, 6.45) is 2.26. The first-order valence-electron chi connectivity index (χ1n) is 6.11. The largest absolute Gasteiger partial charge is 0.381 e. The fourth-order valence-corrected chi connectivity index (χ4v) is 2.50. The Balaban J connectivity index is 2.05. The van der Waals surface area contributed by atoms with E-state index in [0.717, 1.165) is 26.1 Å². The highest BCUT2D eigenvalue weighted by Gasteiger charge is 2.24. The van der Waals surface area contributed by atoms with Gasteiger partial charge in [-0.2, -0.15) is 0 Å². The summed E-state index contributed by atoms with van der Waals surface area (Å²) in [5, 5.41) is 3.41. The Bertz CT molecular complexity index is 337. The Morgan fingerprint density at radius 3 is 2.94 bits per heavy atom. The van der Waals surface area contributed by atoms with E-state index in [1.165, 1.54) is 11.1 Å². The van der Waals surface area contributed by atoms with Crippen LogP contribution in [0.1, 0.15) is 17.5 Å². The maximum atomic E-state index is 5.59. The van der Waals surface area contributed by atoms with Gasteiger partial charge in [-0.25, -0.2) is 0 Å². The third-order valence-corrected chi connectivity index (χ3v) is 3.59. The SMILES string of the molecule is CN[C@@H]1CCOC[C@H]1Cc1ccccc1C. The van der Waals surface area contributed by atoms with Crippen molar-refractivity contribution in [3.8, 4) is 0 Å². The zero-order chi connectivity index (χ0) is 11.4. The summed E-state index contributed by atoms with van der Waals surface area (Å²) in [4.78, 5) is 0. The first-order valence-corrected chi connectivity index (χ1v) is 6.11. The van der Waals surface area contributed by atoms with Gasteiger partial charge in [-0.1, -0.05) is 24.3 Å². The van der Waals surface area contributed by atoms with Crippen molar-refractivity contribution in [2.75, 3.05) is 20.3 Å². The molecule has 88 valence electrons. The summed E-state index contributed by atoms with van der Waals surface area (Å²) in [6, 6.07) is 9.25. The van der Waals surface area contributed by atoms with Crippen molar-refractivity contribution in [2.45, 2.75) is 25.8 Å². The van der Waals surface area contributed by atoms with E-state index in [0.29, 0.717) is 12.0 Å². The van der Waals surface area contributed by atoms with Gasteiger partial charge in [-0.15, -0.1) is 0 Å². The number of rotatable bonds is 3. The van der Waals surface area contributed by atoms with Crippen molar-refractivity contribution in [3.05, 3.63) is 35.4 Å². The molecule has 0 amide bonds. The van der Waals surface area contributed by atoms with Gasteiger partial charge in [0.2, 0.25) is 0 Å². The number of nitrogens with one attached hydrogen (secondary N) is 1. The molecule has 0 radical (unpaired) electrons. The van der Waals surface area contributed by atoms with Gasteiger partial charge in [0.15, 0.2) is 0 Å². The molecule has 0 spiro atoms. The summed E-state index contributed by atoms with van der Waals surface area (Å²) >= 11 is 0. The Hall–Kier alpha value is -0.860. The van der Waals surface area contributed by atoms with Crippen molar-refractivity contribution in [3.63, 3.8) is 0 Å². The third kappa shape index (κ3) is 2.63. The minimum absolute atomic E-state index is 0.605. The topological polar surface area (TPSA) is 21.3 Å². The van der Waals surface area contributed by atoms with E-state index < -0.39 is 0 Å². The van der Waals surface area contributed by atoms with E-state index in [2.05, 4.69) is 43.6 Å². The van der Waals surface area contributed by atoms with Gasteiger partial charge in [0.05, 0.1) is 6.61 Å². The van der Waals surface area contributed by atoms with Crippen LogP contribution in [0.15, 0.2) is 24.3 Å². The van der Waals surface area contributed by atoms with Crippen LogP contribution in [0.5, 0.6) is 0 Å². The number of hydrogen-bond donors (Lipinski definition) is 1. The molecule has 1 aliphatic heterocycles. The highest BCUT2D eigenvalue weighted by atomic mass is 16.5. The fourth-order valence-electron chi connectivity index (χ4n) is 2.50. The van der Waals surface area contributed by atoms with Crippen LogP contribution in [0.2, 0.25) is 0 Å². The molecule has 0 aromatic heterocycles. The average Bonchev–Trinajstić information content (AvgIpc) is 2.33. The second kappa shape index (κ2) is 5.46. The summed E-state index contributed by atoms with van der Waals surface area (Å²) in [6.45, 7) is 3.98. The normalized spacial score (nSPS) is 25.6. The van der Waals surface area contributed by atoms with Crippen LogP contribution in [-0.4, -0.2) is 26.3 Å². The molecule has 0 unspecified atom stereocenters. The lowest BCUT2D eigenvalue weighted by molar-refractivity contribution is 0.0342. The van der Waals surface area contributed by atoms with Crippen LogP contribution in [-0.2, 0) is 11.2 Å². The van der Waals surface area contributed by atoms with E-state index in [-0.39, 0.29) is 0 Å². The Kier molecular flexibility index (Phi) is 3.97. The smallest absolute Gasteiger partial charge is 0.0512 e. The Labute approximate surface area is 98.0 Å². The van der Waals surface area contributed by atoms with Crippen molar-refractivity contribution in [2.24, 2.45) is 5.92 Å². The van der Waals surface area contributed by atoms with Gasteiger partial charge >= 0.3 is 0 Å². The van der Waals surface area contributed by atoms with Crippen LogP contribution < -0.4 is 5.32 Å². The first kappa shape index (κ1) is 11.6. The van der Waals surface area contributed by atoms with Crippen LogP contribution in [0.3, 0.4) is 0 Å². The predicted octanol–water partition coefficient (Wildman–Crippen LogP) is 2.16. The van der Waals surface area contributed by atoms with E-state index in [1.807, 2.05) is 0 Å². The lowest BCUT2D eigenvalue weighted by Gasteiger charge is -2.31.